The van der Waals surface area contributed by atoms with Crippen molar-refractivity contribution in [1.82, 2.24) is 9.97 Å². The van der Waals surface area contributed by atoms with Crippen LogP contribution in [0.5, 0.6) is 0 Å². The Bertz CT molecular complexity index is 750. The van der Waals surface area contributed by atoms with E-state index < -0.39 is 10.0 Å². The molecule has 1 aliphatic rings. The molecule has 7 nitrogen and oxygen atoms in total. The van der Waals surface area contributed by atoms with Gasteiger partial charge in [-0.1, -0.05) is 30.3 Å². The number of aromatic nitrogens is 2. The highest BCUT2D eigenvalue weighted by molar-refractivity contribution is 7.89. The molecule has 23 heavy (non-hydrogen) atoms. The topological polar surface area (TPSA) is 98.4 Å². The lowest BCUT2D eigenvalue weighted by Gasteiger charge is -2.24. The van der Waals surface area contributed by atoms with E-state index in [0.29, 0.717) is 19.1 Å². The average Bonchev–Trinajstić information content (AvgIpc) is 2.81. The molecular formula is C15H18N4O3S. The van der Waals surface area contributed by atoms with Gasteiger partial charge in [0, 0.05) is 13.2 Å². The van der Waals surface area contributed by atoms with Crippen molar-refractivity contribution < 1.29 is 13.2 Å². The van der Waals surface area contributed by atoms with Gasteiger partial charge in [0.05, 0.1) is 18.9 Å². The minimum atomic E-state index is -3.78. The molecule has 0 radical (unpaired) electrons. The predicted molar refractivity (Wildman–Crippen MR) is 85.4 cm³/mol. The smallest absolute Gasteiger partial charge is 0.241 e. The Balaban J connectivity index is 1.81. The molecular weight excluding hydrogens is 316 g/mol. The summed E-state index contributed by atoms with van der Waals surface area (Å²) in [5.41, 5.74) is 1.10. The van der Waals surface area contributed by atoms with Gasteiger partial charge in [0.15, 0.2) is 0 Å². The Morgan fingerprint density at radius 1 is 1.17 bits per heavy atom. The first-order valence-corrected chi connectivity index (χ1v) is 8.85. The molecule has 1 atom stereocenters. The number of benzene rings is 1. The second-order valence-electron chi connectivity index (χ2n) is 5.33. The van der Waals surface area contributed by atoms with Gasteiger partial charge < -0.3 is 9.64 Å². The number of anilines is 1. The molecule has 122 valence electrons. The highest BCUT2D eigenvalue weighted by Gasteiger charge is 2.22. The Kier molecular flexibility index (Phi) is 4.56. The van der Waals surface area contributed by atoms with Gasteiger partial charge in [0.25, 0.3) is 0 Å². The van der Waals surface area contributed by atoms with Gasteiger partial charge in [0.1, 0.15) is 11.0 Å². The Hall–Kier alpha value is -2.03. The molecule has 0 spiro atoms. The molecule has 1 aromatic heterocycles. The van der Waals surface area contributed by atoms with Gasteiger partial charge in [-0.25, -0.2) is 23.5 Å². The summed E-state index contributed by atoms with van der Waals surface area (Å²) in [6.07, 6.45) is 3.26. The van der Waals surface area contributed by atoms with E-state index in [-0.39, 0.29) is 11.0 Å². The van der Waals surface area contributed by atoms with Gasteiger partial charge in [-0.05, 0) is 12.0 Å². The summed E-state index contributed by atoms with van der Waals surface area (Å²) in [4.78, 5) is 10.2. The molecule has 3 rings (SSSR count). The quantitative estimate of drug-likeness (QED) is 0.902. The molecule has 1 unspecified atom stereocenters. The molecule has 0 saturated carbocycles. The van der Waals surface area contributed by atoms with Crippen LogP contribution in [-0.4, -0.2) is 38.1 Å². The summed E-state index contributed by atoms with van der Waals surface area (Å²) in [5, 5.41) is 5.07. The number of hydrogen-bond acceptors (Lipinski definition) is 6. The SMILES string of the molecule is NS(=O)(=O)c1cnc(N2CCCOC(c3ccccc3)C2)nc1. The number of hydrogen-bond donors (Lipinski definition) is 1. The van der Waals surface area contributed by atoms with Crippen molar-refractivity contribution in [2.75, 3.05) is 24.6 Å². The molecule has 2 aromatic rings. The molecule has 2 heterocycles. The highest BCUT2D eigenvalue weighted by atomic mass is 32.2. The number of nitrogens with two attached hydrogens (primary N) is 1. The van der Waals surface area contributed by atoms with Gasteiger partial charge in [0.2, 0.25) is 16.0 Å². The summed E-state index contributed by atoms with van der Waals surface area (Å²) in [5.74, 6) is 0.476. The summed E-state index contributed by atoms with van der Waals surface area (Å²) in [6.45, 7) is 2.02. The van der Waals surface area contributed by atoms with E-state index in [2.05, 4.69) is 9.97 Å². The fourth-order valence-corrected chi connectivity index (χ4v) is 2.89. The molecule has 0 aliphatic carbocycles. The van der Waals surface area contributed by atoms with Crippen LogP contribution in [0.1, 0.15) is 18.1 Å². The van der Waals surface area contributed by atoms with E-state index in [0.717, 1.165) is 18.5 Å². The number of rotatable bonds is 3. The average molecular weight is 334 g/mol. The van der Waals surface area contributed by atoms with Gasteiger partial charge >= 0.3 is 0 Å². The zero-order chi connectivity index (χ0) is 16.3. The number of sulfonamides is 1. The van der Waals surface area contributed by atoms with Gasteiger partial charge in [-0.3, -0.25) is 0 Å². The molecule has 8 heteroatoms. The third-order valence-corrected chi connectivity index (χ3v) is 4.54. The zero-order valence-corrected chi connectivity index (χ0v) is 13.3. The van der Waals surface area contributed by atoms with Crippen molar-refractivity contribution >= 4 is 16.0 Å². The third-order valence-electron chi connectivity index (χ3n) is 3.67. The second-order valence-corrected chi connectivity index (χ2v) is 6.89. The Morgan fingerprint density at radius 2 is 1.87 bits per heavy atom. The van der Waals surface area contributed by atoms with Crippen LogP contribution >= 0.6 is 0 Å². The van der Waals surface area contributed by atoms with E-state index in [1.54, 1.807) is 0 Å². The van der Waals surface area contributed by atoms with Crippen LogP contribution in [0.4, 0.5) is 5.95 Å². The van der Waals surface area contributed by atoms with Crippen LogP contribution in [0.15, 0.2) is 47.6 Å². The molecule has 1 fully saturated rings. The van der Waals surface area contributed by atoms with E-state index in [4.69, 9.17) is 9.88 Å². The van der Waals surface area contributed by atoms with Crippen LogP contribution in [0.3, 0.4) is 0 Å². The van der Waals surface area contributed by atoms with Crippen molar-refractivity contribution in [1.29, 1.82) is 0 Å². The lowest BCUT2D eigenvalue weighted by Crippen LogP contribution is -2.29. The normalized spacial score (nSPS) is 19.3. The van der Waals surface area contributed by atoms with Crippen LogP contribution in [0.2, 0.25) is 0 Å². The maximum atomic E-state index is 11.3. The Morgan fingerprint density at radius 3 is 2.52 bits per heavy atom. The highest BCUT2D eigenvalue weighted by Crippen LogP contribution is 2.23. The molecule has 1 aromatic carbocycles. The lowest BCUT2D eigenvalue weighted by atomic mass is 10.1. The standard InChI is InChI=1S/C15H18N4O3S/c16-23(20,21)13-9-17-15(18-10-13)19-7-4-8-22-14(11-19)12-5-2-1-3-6-12/h1-3,5-6,9-10,14H,4,7-8,11H2,(H2,16,20,21). The van der Waals surface area contributed by atoms with Crippen LogP contribution < -0.4 is 10.0 Å². The maximum absolute atomic E-state index is 11.3. The number of nitrogens with zero attached hydrogens (tertiary/aromatic N) is 3. The fraction of sp³-hybridized carbons (Fsp3) is 0.333. The first kappa shape index (κ1) is 15.9. The van der Waals surface area contributed by atoms with Crippen molar-refractivity contribution in [3.8, 4) is 0 Å². The first-order chi connectivity index (χ1) is 11.0. The number of ether oxygens (including phenoxy) is 1. The molecule has 1 saturated heterocycles. The molecule has 2 N–H and O–H groups in total. The summed E-state index contributed by atoms with van der Waals surface area (Å²) < 4.78 is 28.5. The van der Waals surface area contributed by atoms with Crippen molar-refractivity contribution in [3.05, 3.63) is 48.3 Å². The monoisotopic (exact) mass is 334 g/mol. The van der Waals surface area contributed by atoms with E-state index in [1.165, 1.54) is 12.4 Å². The minimum absolute atomic E-state index is 0.0692. The fourth-order valence-electron chi connectivity index (χ4n) is 2.50. The van der Waals surface area contributed by atoms with Crippen molar-refractivity contribution in [3.63, 3.8) is 0 Å². The van der Waals surface area contributed by atoms with E-state index in [1.807, 2.05) is 35.2 Å². The Labute approximate surface area is 135 Å². The molecule has 0 amide bonds. The maximum Gasteiger partial charge on any atom is 0.241 e. The van der Waals surface area contributed by atoms with Crippen molar-refractivity contribution in [2.24, 2.45) is 5.14 Å². The predicted octanol–water partition coefficient (Wildman–Crippen LogP) is 1.09. The van der Waals surface area contributed by atoms with Crippen molar-refractivity contribution in [2.45, 2.75) is 17.4 Å². The summed E-state index contributed by atoms with van der Waals surface area (Å²) in [7, 11) is -3.78. The van der Waals surface area contributed by atoms with Crippen LogP contribution in [0.25, 0.3) is 0 Å². The molecule has 0 bridgehead atoms. The van der Waals surface area contributed by atoms with Crippen LogP contribution in [0, 0.1) is 0 Å². The largest absolute Gasteiger partial charge is 0.372 e. The van der Waals surface area contributed by atoms with E-state index >= 15 is 0 Å². The van der Waals surface area contributed by atoms with Crippen LogP contribution in [-0.2, 0) is 14.8 Å². The van der Waals surface area contributed by atoms with Gasteiger partial charge in [-0.15, -0.1) is 0 Å². The van der Waals surface area contributed by atoms with Gasteiger partial charge in [-0.2, -0.15) is 0 Å². The lowest BCUT2D eigenvalue weighted by molar-refractivity contribution is 0.0686. The minimum Gasteiger partial charge on any atom is -0.372 e. The summed E-state index contributed by atoms with van der Waals surface area (Å²) >= 11 is 0. The molecule has 1 aliphatic heterocycles. The zero-order valence-electron chi connectivity index (χ0n) is 12.5. The summed E-state index contributed by atoms with van der Waals surface area (Å²) in [6, 6.07) is 9.97. The second kappa shape index (κ2) is 6.61. The third kappa shape index (κ3) is 3.84. The number of primary sulfonamides is 1. The first-order valence-electron chi connectivity index (χ1n) is 7.30. The van der Waals surface area contributed by atoms with E-state index in [9.17, 15) is 8.42 Å².